The summed E-state index contributed by atoms with van der Waals surface area (Å²) in [6, 6.07) is 16.9. The number of nitrogens with zero attached hydrogens (tertiary/aromatic N) is 2. The lowest BCUT2D eigenvalue weighted by atomic mass is 10.1. The van der Waals surface area contributed by atoms with Crippen molar-refractivity contribution in [3.8, 4) is 11.8 Å². The molecule has 0 bridgehead atoms. The molecule has 3 rings (SSSR count). The number of nitriles is 1. The summed E-state index contributed by atoms with van der Waals surface area (Å²) >= 11 is 0. The zero-order valence-electron chi connectivity index (χ0n) is 16.4. The molecule has 1 aliphatic rings. The van der Waals surface area contributed by atoms with Crippen LogP contribution in [0.3, 0.4) is 0 Å². The molecule has 0 aromatic heterocycles. The molecule has 1 saturated heterocycles. The summed E-state index contributed by atoms with van der Waals surface area (Å²) in [6.07, 6.45) is 0.383. The Balaban J connectivity index is 1.47. The van der Waals surface area contributed by atoms with Gasteiger partial charge in [0.05, 0.1) is 25.7 Å². The molecule has 2 amide bonds. The molecule has 1 aliphatic heterocycles. The van der Waals surface area contributed by atoms with Gasteiger partial charge in [0.25, 0.3) is 0 Å². The molecule has 0 spiro atoms. The number of nitrogens with one attached hydrogen (secondary N) is 2. The average molecular weight is 394 g/mol. The van der Waals surface area contributed by atoms with E-state index in [0.717, 1.165) is 55.4 Å². The standard InChI is InChI=1S/C22H26N4O3/c23-10-9-18-5-7-20(8-6-18)29-17-19-3-1-2-4-21(19)25-22(27)24-11-12-26-13-15-28-16-14-26/h1-8H,9,11-17H2,(H2,24,25,27). The topological polar surface area (TPSA) is 86.6 Å². The maximum atomic E-state index is 12.2. The molecule has 2 N–H and O–H groups in total. The van der Waals surface area contributed by atoms with Crippen LogP contribution in [0.1, 0.15) is 11.1 Å². The maximum Gasteiger partial charge on any atom is 0.319 e. The summed E-state index contributed by atoms with van der Waals surface area (Å²) in [6.45, 7) is 5.04. The molecule has 29 heavy (non-hydrogen) atoms. The van der Waals surface area contributed by atoms with Crippen molar-refractivity contribution in [1.29, 1.82) is 5.26 Å². The molecule has 7 nitrogen and oxygen atoms in total. The number of amides is 2. The van der Waals surface area contributed by atoms with Gasteiger partial charge in [-0.15, -0.1) is 0 Å². The number of rotatable bonds is 8. The monoisotopic (exact) mass is 394 g/mol. The predicted octanol–water partition coefficient (Wildman–Crippen LogP) is 2.79. The molecular formula is C22H26N4O3. The van der Waals surface area contributed by atoms with E-state index in [9.17, 15) is 4.79 Å². The van der Waals surface area contributed by atoms with Gasteiger partial charge in [-0.2, -0.15) is 5.26 Å². The highest BCUT2D eigenvalue weighted by molar-refractivity contribution is 5.90. The molecular weight excluding hydrogens is 368 g/mol. The lowest BCUT2D eigenvalue weighted by Crippen LogP contribution is -2.42. The Kier molecular flexibility index (Phi) is 7.87. The Morgan fingerprint density at radius 3 is 2.66 bits per heavy atom. The van der Waals surface area contributed by atoms with Gasteiger partial charge in [-0.3, -0.25) is 4.90 Å². The number of morpholine rings is 1. The van der Waals surface area contributed by atoms with Crippen LogP contribution in [0.2, 0.25) is 0 Å². The van der Waals surface area contributed by atoms with Crippen molar-refractivity contribution in [2.24, 2.45) is 0 Å². The van der Waals surface area contributed by atoms with Crippen LogP contribution in [0.25, 0.3) is 0 Å². The summed E-state index contributed by atoms with van der Waals surface area (Å²) in [4.78, 5) is 14.5. The zero-order valence-corrected chi connectivity index (χ0v) is 16.4. The lowest BCUT2D eigenvalue weighted by molar-refractivity contribution is 0.0388. The minimum absolute atomic E-state index is 0.230. The van der Waals surface area contributed by atoms with Crippen molar-refractivity contribution < 1.29 is 14.3 Å². The van der Waals surface area contributed by atoms with E-state index in [4.69, 9.17) is 14.7 Å². The van der Waals surface area contributed by atoms with E-state index in [1.165, 1.54) is 0 Å². The van der Waals surface area contributed by atoms with E-state index in [1.807, 2.05) is 48.5 Å². The fraction of sp³-hybridized carbons (Fsp3) is 0.364. The SMILES string of the molecule is N#CCc1ccc(OCc2ccccc2NC(=O)NCCN2CCOCC2)cc1. The molecule has 7 heteroatoms. The van der Waals surface area contributed by atoms with Crippen LogP contribution in [-0.2, 0) is 17.8 Å². The van der Waals surface area contributed by atoms with Gasteiger partial charge in [-0.25, -0.2) is 4.79 Å². The second-order valence-corrected chi connectivity index (χ2v) is 6.76. The Bertz CT molecular complexity index is 827. The molecule has 1 heterocycles. The summed E-state index contributed by atoms with van der Waals surface area (Å²) in [7, 11) is 0. The van der Waals surface area contributed by atoms with E-state index in [2.05, 4.69) is 21.6 Å². The van der Waals surface area contributed by atoms with Gasteiger partial charge in [-0.05, 0) is 23.8 Å². The van der Waals surface area contributed by atoms with Crippen LogP contribution in [0, 0.1) is 11.3 Å². The molecule has 0 atom stereocenters. The van der Waals surface area contributed by atoms with Crippen LogP contribution in [-0.4, -0.2) is 50.3 Å². The lowest BCUT2D eigenvalue weighted by Gasteiger charge is -2.26. The fourth-order valence-electron chi connectivity index (χ4n) is 3.04. The summed E-state index contributed by atoms with van der Waals surface area (Å²) in [5, 5.41) is 14.5. The van der Waals surface area contributed by atoms with Crippen molar-refractivity contribution in [2.75, 3.05) is 44.7 Å². The van der Waals surface area contributed by atoms with Gasteiger partial charge in [0.15, 0.2) is 0 Å². The molecule has 1 fully saturated rings. The number of hydrogen-bond acceptors (Lipinski definition) is 5. The molecule has 2 aromatic rings. The number of anilines is 1. The van der Waals surface area contributed by atoms with Gasteiger partial charge < -0.3 is 20.1 Å². The zero-order chi connectivity index (χ0) is 20.3. The van der Waals surface area contributed by atoms with Gasteiger partial charge in [0.2, 0.25) is 0 Å². The highest BCUT2D eigenvalue weighted by atomic mass is 16.5. The molecule has 0 saturated carbocycles. The Morgan fingerprint density at radius 1 is 1.14 bits per heavy atom. The second kappa shape index (κ2) is 11.1. The highest BCUT2D eigenvalue weighted by Crippen LogP contribution is 2.19. The summed E-state index contributed by atoms with van der Waals surface area (Å²) in [5.41, 5.74) is 2.56. The van der Waals surface area contributed by atoms with Crippen molar-refractivity contribution in [3.05, 3.63) is 59.7 Å². The van der Waals surface area contributed by atoms with E-state index in [-0.39, 0.29) is 6.03 Å². The van der Waals surface area contributed by atoms with Crippen molar-refractivity contribution >= 4 is 11.7 Å². The van der Waals surface area contributed by atoms with Crippen molar-refractivity contribution in [3.63, 3.8) is 0 Å². The highest BCUT2D eigenvalue weighted by Gasteiger charge is 2.11. The Hall–Kier alpha value is -3.08. The number of carbonyl (C=O) groups is 1. The molecule has 0 radical (unpaired) electrons. The van der Waals surface area contributed by atoms with E-state index >= 15 is 0 Å². The maximum absolute atomic E-state index is 12.2. The number of hydrogen-bond donors (Lipinski definition) is 2. The summed E-state index contributed by atoms with van der Waals surface area (Å²) in [5.74, 6) is 0.719. The van der Waals surface area contributed by atoms with Crippen LogP contribution in [0.15, 0.2) is 48.5 Å². The third-order valence-corrected chi connectivity index (χ3v) is 4.68. The van der Waals surface area contributed by atoms with Crippen molar-refractivity contribution in [1.82, 2.24) is 10.2 Å². The largest absolute Gasteiger partial charge is 0.489 e. The third kappa shape index (κ3) is 6.79. The second-order valence-electron chi connectivity index (χ2n) is 6.76. The fourth-order valence-corrected chi connectivity index (χ4v) is 3.04. The minimum atomic E-state index is -0.230. The molecule has 0 unspecified atom stereocenters. The van der Waals surface area contributed by atoms with E-state index in [1.54, 1.807) is 0 Å². The van der Waals surface area contributed by atoms with Crippen LogP contribution in [0.4, 0.5) is 10.5 Å². The van der Waals surface area contributed by atoms with E-state index in [0.29, 0.717) is 19.6 Å². The first-order chi connectivity index (χ1) is 14.2. The first-order valence-electron chi connectivity index (χ1n) is 9.76. The number of carbonyl (C=O) groups excluding carboxylic acids is 1. The quantitative estimate of drug-likeness (QED) is 0.719. The molecule has 152 valence electrons. The smallest absolute Gasteiger partial charge is 0.319 e. The van der Waals surface area contributed by atoms with Gasteiger partial charge >= 0.3 is 6.03 Å². The van der Waals surface area contributed by atoms with Gasteiger partial charge in [-0.1, -0.05) is 30.3 Å². The Morgan fingerprint density at radius 2 is 1.90 bits per heavy atom. The van der Waals surface area contributed by atoms with Gasteiger partial charge in [0, 0.05) is 37.4 Å². The molecule has 2 aromatic carbocycles. The third-order valence-electron chi connectivity index (χ3n) is 4.68. The van der Waals surface area contributed by atoms with Gasteiger partial charge in [0.1, 0.15) is 12.4 Å². The Labute approximate surface area is 171 Å². The minimum Gasteiger partial charge on any atom is -0.489 e. The van der Waals surface area contributed by atoms with Crippen LogP contribution < -0.4 is 15.4 Å². The average Bonchev–Trinajstić information content (AvgIpc) is 2.75. The number of ether oxygens (including phenoxy) is 2. The van der Waals surface area contributed by atoms with Crippen LogP contribution >= 0.6 is 0 Å². The van der Waals surface area contributed by atoms with Crippen molar-refractivity contribution in [2.45, 2.75) is 13.0 Å². The van der Waals surface area contributed by atoms with Crippen LogP contribution in [0.5, 0.6) is 5.75 Å². The van der Waals surface area contributed by atoms with E-state index < -0.39 is 0 Å². The number of benzene rings is 2. The predicted molar refractivity (Wildman–Crippen MR) is 111 cm³/mol. The number of para-hydroxylation sites is 1. The normalized spacial score (nSPS) is 14.0. The first kappa shape index (κ1) is 20.6. The number of urea groups is 1. The summed E-state index contributed by atoms with van der Waals surface area (Å²) < 4.78 is 11.2. The first-order valence-corrected chi connectivity index (χ1v) is 9.76. The molecule has 0 aliphatic carbocycles.